The van der Waals surface area contributed by atoms with E-state index in [1.807, 2.05) is 48.0 Å². The summed E-state index contributed by atoms with van der Waals surface area (Å²) in [4.78, 5) is 18.7. The van der Waals surface area contributed by atoms with Crippen molar-refractivity contribution >= 4 is 22.4 Å². The van der Waals surface area contributed by atoms with Gasteiger partial charge in [0.2, 0.25) is 0 Å². The number of hydrogen-bond donors (Lipinski definition) is 0. The lowest BCUT2D eigenvalue weighted by Gasteiger charge is -2.17. The first-order chi connectivity index (χ1) is 10.3. The fourth-order valence-corrected chi connectivity index (χ4v) is 2.95. The van der Waals surface area contributed by atoms with E-state index in [2.05, 4.69) is 10.1 Å². The minimum atomic E-state index is 0.0347. The van der Waals surface area contributed by atoms with Gasteiger partial charge < -0.3 is 4.90 Å². The van der Waals surface area contributed by atoms with Crippen LogP contribution >= 0.6 is 0 Å². The van der Waals surface area contributed by atoms with Crippen LogP contribution in [0.3, 0.4) is 0 Å². The van der Waals surface area contributed by atoms with Crippen LogP contribution in [0, 0.1) is 0 Å². The van der Waals surface area contributed by atoms with Gasteiger partial charge in [-0.25, -0.2) is 9.67 Å². The maximum atomic E-state index is 12.7. The molecule has 1 aromatic heterocycles. The van der Waals surface area contributed by atoms with Gasteiger partial charge >= 0.3 is 0 Å². The third-order valence-corrected chi connectivity index (χ3v) is 3.94. The van der Waals surface area contributed by atoms with E-state index in [1.165, 1.54) is 6.33 Å². The molecule has 1 amide bonds. The molecule has 0 aliphatic carbocycles. The minimum absolute atomic E-state index is 0.0347. The van der Waals surface area contributed by atoms with Crippen molar-refractivity contribution in [1.82, 2.24) is 14.8 Å². The maximum Gasteiger partial charge on any atom is 0.259 e. The van der Waals surface area contributed by atoms with Crippen LogP contribution in [0.4, 0.5) is 5.69 Å². The van der Waals surface area contributed by atoms with Crippen molar-refractivity contribution in [1.29, 1.82) is 0 Å². The molecule has 0 bridgehead atoms. The Labute approximate surface area is 121 Å². The Morgan fingerprint density at radius 2 is 1.95 bits per heavy atom. The lowest BCUT2D eigenvalue weighted by molar-refractivity contribution is 0.0990. The molecular weight excluding hydrogens is 264 g/mol. The second-order valence-electron chi connectivity index (χ2n) is 5.06. The maximum absolute atomic E-state index is 12.7. The standard InChI is InChI=1S/C16H14N4O/c1-2-20-14(17-10-18-20)9-19-13-8-4-6-11-5-3-7-12(15(11)13)16(19)21/h3-8,10H,2,9H2,1H3. The number of benzene rings is 2. The van der Waals surface area contributed by atoms with Crippen LogP contribution in [-0.4, -0.2) is 20.7 Å². The Bertz CT molecular complexity index is 847. The van der Waals surface area contributed by atoms with Gasteiger partial charge in [0.25, 0.3) is 5.91 Å². The number of nitrogens with zero attached hydrogens (tertiary/aromatic N) is 4. The monoisotopic (exact) mass is 278 g/mol. The van der Waals surface area contributed by atoms with E-state index < -0.39 is 0 Å². The molecule has 2 heterocycles. The molecule has 5 heteroatoms. The second-order valence-corrected chi connectivity index (χ2v) is 5.06. The van der Waals surface area contributed by atoms with E-state index in [-0.39, 0.29) is 5.91 Å². The van der Waals surface area contributed by atoms with Crippen LogP contribution in [0.25, 0.3) is 10.8 Å². The summed E-state index contributed by atoms with van der Waals surface area (Å²) in [5, 5.41) is 6.30. The summed E-state index contributed by atoms with van der Waals surface area (Å²) in [6.07, 6.45) is 1.53. The summed E-state index contributed by atoms with van der Waals surface area (Å²) in [6.45, 7) is 3.20. The number of aryl methyl sites for hydroxylation is 1. The highest BCUT2D eigenvalue weighted by Gasteiger charge is 2.30. The van der Waals surface area contributed by atoms with Gasteiger partial charge in [-0.05, 0) is 24.4 Å². The van der Waals surface area contributed by atoms with Gasteiger partial charge in [0.15, 0.2) is 0 Å². The zero-order valence-corrected chi connectivity index (χ0v) is 11.7. The molecule has 0 unspecified atom stereocenters. The Hall–Kier alpha value is -2.69. The molecule has 1 aliphatic heterocycles. The molecule has 3 aromatic rings. The predicted octanol–water partition coefficient (Wildman–Crippen LogP) is 2.61. The highest BCUT2D eigenvalue weighted by atomic mass is 16.2. The Morgan fingerprint density at radius 1 is 1.14 bits per heavy atom. The van der Waals surface area contributed by atoms with Crippen molar-refractivity contribution in [2.24, 2.45) is 0 Å². The number of hydrogen-bond acceptors (Lipinski definition) is 3. The third-order valence-electron chi connectivity index (χ3n) is 3.94. The van der Waals surface area contributed by atoms with E-state index in [9.17, 15) is 4.79 Å². The van der Waals surface area contributed by atoms with Crippen LogP contribution in [0.15, 0.2) is 42.7 Å². The summed E-state index contributed by atoms with van der Waals surface area (Å²) < 4.78 is 1.82. The quantitative estimate of drug-likeness (QED) is 0.740. The average molecular weight is 278 g/mol. The van der Waals surface area contributed by atoms with Crippen molar-refractivity contribution < 1.29 is 4.79 Å². The third kappa shape index (κ3) is 1.67. The van der Waals surface area contributed by atoms with Gasteiger partial charge in [-0.1, -0.05) is 24.3 Å². The minimum Gasteiger partial charge on any atom is -0.300 e. The molecule has 0 saturated heterocycles. The summed E-state index contributed by atoms with van der Waals surface area (Å²) in [5.74, 6) is 0.836. The van der Waals surface area contributed by atoms with Gasteiger partial charge in [0, 0.05) is 17.5 Å². The van der Waals surface area contributed by atoms with Crippen molar-refractivity contribution in [3.05, 3.63) is 54.1 Å². The molecule has 21 heavy (non-hydrogen) atoms. The van der Waals surface area contributed by atoms with Crippen LogP contribution in [0.2, 0.25) is 0 Å². The molecule has 0 saturated carbocycles. The first-order valence-corrected chi connectivity index (χ1v) is 7.00. The van der Waals surface area contributed by atoms with Crippen LogP contribution in [0.5, 0.6) is 0 Å². The highest BCUT2D eigenvalue weighted by Crippen LogP contribution is 2.37. The number of carbonyl (C=O) groups is 1. The molecular formula is C16H14N4O. The van der Waals surface area contributed by atoms with Crippen molar-refractivity contribution in [2.75, 3.05) is 4.90 Å². The van der Waals surface area contributed by atoms with E-state index >= 15 is 0 Å². The Balaban J connectivity index is 1.83. The number of amides is 1. The van der Waals surface area contributed by atoms with Crippen molar-refractivity contribution in [3.63, 3.8) is 0 Å². The Kier molecular flexibility index (Phi) is 2.54. The fraction of sp³-hybridized carbons (Fsp3) is 0.188. The van der Waals surface area contributed by atoms with Gasteiger partial charge in [0.05, 0.1) is 12.2 Å². The molecule has 0 radical (unpaired) electrons. The SMILES string of the molecule is CCn1ncnc1CN1C(=O)c2cccc3cccc1c23. The molecule has 5 nitrogen and oxygen atoms in total. The largest absolute Gasteiger partial charge is 0.300 e. The molecule has 1 aliphatic rings. The average Bonchev–Trinajstić information content (AvgIpc) is 3.07. The molecule has 0 fully saturated rings. The lowest BCUT2D eigenvalue weighted by atomic mass is 10.1. The van der Waals surface area contributed by atoms with E-state index in [0.29, 0.717) is 6.54 Å². The molecule has 0 N–H and O–H groups in total. The van der Waals surface area contributed by atoms with E-state index in [1.54, 1.807) is 4.90 Å². The van der Waals surface area contributed by atoms with Crippen molar-refractivity contribution in [2.45, 2.75) is 20.0 Å². The van der Waals surface area contributed by atoms with E-state index in [4.69, 9.17) is 0 Å². The van der Waals surface area contributed by atoms with Crippen LogP contribution in [0.1, 0.15) is 23.1 Å². The molecule has 0 atom stereocenters. The number of carbonyl (C=O) groups excluding carboxylic acids is 1. The molecule has 4 rings (SSSR count). The predicted molar refractivity (Wildman–Crippen MR) is 80.2 cm³/mol. The summed E-state index contributed by atoms with van der Waals surface area (Å²) in [6, 6.07) is 11.9. The summed E-state index contributed by atoms with van der Waals surface area (Å²) in [5.41, 5.74) is 1.73. The highest BCUT2D eigenvalue weighted by molar-refractivity contribution is 6.24. The molecule has 0 spiro atoms. The number of anilines is 1. The van der Waals surface area contributed by atoms with Crippen LogP contribution < -0.4 is 4.90 Å². The summed E-state index contributed by atoms with van der Waals surface area (Å²) >= 11 is 0. The zero-order chi connectivity index (χ0) is 14.4. The van der Waals surface area contributed by atoms with Gasteiger partial charge in [-0.15, -0.1) is 0 Å². The first kappa shape index (κ1) is 12.1. The smallest absolute Gasteiger partial charge is 0.259 e. The molecule has 2 aromatic carbocycles. The summed E-state index contributed by atoms with van der Waals surface area (Å²) in [7, 11) is 0. The second kappa shape index (κ2) is 4.41. The van der Waals surface area contributed by atoms with E-state index in [0.717, 1.165) is 34.4 Å². The fourth-order valence-electron chi connectivity index (χ4n) is 2.95. The zero-order valence-electron chi connectivity index (χ0n) is 11.7. The van der Waals surface area contributed by atoms with Crippen molar-refractivity contribution in [3.8, 4) is 0 Å². The number of rotatable bonds is 3. The topological polar surface area (TPSA) is 51.0 Å². The van der Waals surface area contributed by atoms with Gasteiger partial charge in [-0.2, -0.15) is 5.10 Å². The van der Waals surface area contributed by atoms with Crippen LogP contribution in [-0.2, 0) is 13.1 Å². The lowest BCUT2D eigenvalue weighted by Crippen LogP contribution is -2.27. The Morgan fingerprint density at radius 3 is 2.76 bits per heavy atom. The first-order valence-electron chi connectivity index (χ1n) is 7.00. The molecule has 104 valence electrons. The normalized spacial score (nSPS) is 13.4. The van der Waals surface area contributed by atoms with Gasteiger partial charge in [-0.3, -0.25) is 4.79 Å². The van der Waals surface area contributed by atoms with Gasteiger partial charge in [0.1, 0.15) is 12.2 Å². The number of aromatic nitrogens is 3.